The Bertz CT molecular complexity index is 2540. The van der Waals surface area contributed by atoms with Gasteiger partial charge in [-0.1, -0.05) is 12.1 Å². The number of nitrogens with one attached hydrogen (secondary N) is 5. The zero-order valence-electron chi connectivity index (χ0n) is 35.8. The number of carbonyl (C=O) groups is 8. The Morgan fingerprint density at radius 1 is 0.938 bits per heavy atom. The largest absolute Gasteiger partial charge is 0.483 e. The number of benzene rings is 2. The summed E-state index contributed by atoms with van der Waals surface area (Å²) in [5.41, 5.74) is 1.23. The van der Waals surface area contributed by atoms with Crippen LogP contribution in [0.3, 0.4) is 0 Å². The molecule has 65 heavy (non-hydrogen) atoms. The molecule has 344 valence electrons. The van der Waals surface area contributed by atoms with Crippen molar-refractivity contribution in [3.63, 3.8) is 0 Å². The Balaban J connectivity index is 0.821. The van der Waals surface area contributed by atoms with Gasteiger partial charge in [0.25, 0.3) is 29.2 Å². The molecule has 22 heteroatoms. The predicted octanol–water partition coefficient (Wildman–Crippen LogP) is 0.727. The Hall–Kier alpha value is -7.04. The number of nitrogens with zero attached hydrogens (tertiary/aromatic N) is 3. The van der Waals surface area contributed by atoms with Gasteiger partial charge in [0.15, 0.2) is 6.61 Å². The highest BCUT2D eigenvalue weighted by Gasteiger charge is 2.46. The number of carbonyl (C=O) groups excluding carboxylic acids is 8. The summed E-state index contributed by atoms with van der Waals surface area (Å²) < 4.78 is 21.4. The molecule has 2 unspecified atom stereocenters. The first-order chi connectivity index (χ1) is 31.2. The summed E-state index contributed by atoms with van der Waals surface area (Å²) in [6, 6.07) is 11.0. The SMILES string of the molecule is COC(=O)C(CCC(=O)NCCOCCOCCNC(=O)COc1cccc2c1C(=O)N(C1CCC(=O)NC1=O)C2=O)NC(=O)c1ccc(N(C)Cc2ccc3nc(C)[nH]c(=O)c3c2)s1. The van der Waals surface area contributed by atoms with Gasteiger partial charge in [-0.3, -0.25) is 48.6 Å². The molecule has 0 aliphatic carbocycles. The average Bonchev–Trinajstić information content (AvgIpc) is 3.88. The molecule has 1 saturated heterocycles. The van der Waals surface area contributed by atoms with Gasteiger partial charge in [0.1, 0.15) is 23.7 Å². The highest BCUT2D eigenvalue weighted by atomic mass is 32.1. The van der Waals surface area contributed by atoms with Crippen molar-refractivity contribution in [2.24, 2.45) is 0 Å². The van der Waals surface area contributed by atoms with Crippen molar-refractivity contribution < 1.29 is 57.3 Å². The minimum atomic E-state index is -1.13. The number of aromatic amines is 1. The number of piperidine rings is 1. The number of hydrogen-bond acceptors (Lipinski definition) is 16. The first-order valence-electron chi connectivity index (χ1n) is 20.6. The third kappa shape index (κ3) is 12.2. The van der Waals surface area contributed by atoms with Crippen LogP contribution >= 0.6 is 11.3 Å². The van der Waals surface area contributed by atoms with Gasteiger partial charge in [-0.2, -0.15) is 0 Å². The van der Waals surface area contributed by atoms with Crippen LogP contribution in [-0.4, -0.2) is 135 Å². The summed E-state index contributed by atoms with van der Waals surface area (Å²) in [5, 5.41) is 11.4. The standard InChI is InChI=1S/C43H48N8O13S/c1-24-46-28-8-7-25(21-27(28)38(55)47-24)22-50(2)36-14-11-32(65-36)40(57)48-29(43(60)61-3)9-12-33(52)44-15-17-62-19-20-63-18-16-45-35(54)23-64-31-6-4-5-26-37(31)42(59)51(41(26)58)30-10-13-34(53)49-39(30)56/h4-8,11,14,21,29-30H,9-10,12-13,15-20,22-23H2,1-3H3,(H,44,52)(H,45,54)(H,48,57)(H,46,47,55)(H,49,53,56). The Kier molecular flexibility index (Phi) is 16.1. The second kappa shape index (κ2) is 22.0. The van der Waals surface area contributed by atoms with E-state index in [-0.39, 0.29) is 93.5 Å². The molecule has 1 fully saturated rings. The monoisotopic (exact) mass is 916 g/mol. The van der Waals surface area contributed by atoms with Crippen LogP contribution in [0.2, 0.25) is 0 Å². The summed E-state index contributed by atoms with van der Waals surface area (Å²) in [5.74, 6) is -4.19. The lowest BCUT2D eigenvalue weighted by atomic mass is 10.0. The van der Waals surface area contributed by atoms with Crippen molar-refractivity contribution >= 4 is 74.6 Å². The minimum absolute atomic E-state index is 0.00284. The maximum Gasteiger partial charge on any atom is 0.328 e. The Labute approximate surface area is 375 Å². The lowest BCUT2D eigenvalue weighted by molar-refractivity contribution is -0.143. The van der Waals surface area contributed by atoms with E-state index < -0.39 is 60.1 Å². The highest BCUT2D eigenvalue weighted by molar-refractivity contribution is 7.18. The van der Waals surface area contributed by atoms with E-state index in [2.05, 4.69) is 31.2 Å². The molecule has 2 aliphatic rings. The summed E-state index contributed by atoms with van der Waals surface area (Å²) >= 11 is 1.22. The number of amides is 7. The van der Waals surface area contributed by atoms with E-state index in [0.29, 0.717) is 28.1 Å². The number of H-pyrrole nitrogens is 1. The number of ether oxygens (including phenoxy) is 4. The van der Waals surface area contributed by atoms with Crippen molar-refractivity contribution in [2.75, 3.05) is 65.2 Å². The molecule has 0 saturated carbocycles. The average molecular weight is 917 g/mol. The molecule has 2 aromatic heterocycles. The van der Waals surface area contributed by atoms with Crippen LogP contribution in [0.25, 0.3) is 10.9 Å². The van der Waals surface area contributed by atoms with Crippen LogP contribution < -0.4 is 36.5 Å². The number of aromatic nitrogens is 2. The van der Waals surface area contributed by atoms with Gasteiger partial charge in [-0.25, -0.2) is 9.78 Å². The van der Waals surface area contributed by atoms with Crippen molar-refractivity contribution in [2.45, 2.75) is 51.2 Å². The van der Waals surface area contributed by atoms with Gasteiger partial charge in [0.2, 0.25) is 17.7 Å². The number of imide groups is 2. The number of thiophene rings is 1. The molecule has 2 atom stereocenters. The molecule has 4 aromatic rings. The fraction of sp³-hybridized carbons (Fsp3) is 0.395. The number of rotatable bonds is 22. The molecule has 0 spiro atoms. The molecule has 21 nitrogen and oxygen atoms in total. The minimum Gasteiger partial charge on any atom is -0.483 e. The van der Waals surface area contributed by atoms with E-state index in [9.17, 15) is 43.2 Å². The molecular formula is C43H48N8O13S. The van der Waals surface area contributed by atoms with Gasteiger partial charge < -0.3 is 44.8 Å². The van der Waals surface area contributed by atoms with E-state index in [4.69, 9.17) is 18.9 Å². The van der Waals surface area contributed by atoms with Crippen molar-refractivity contribution in [1.29, 1.82) is 0 Å². The van der Waals surface area contributed by atoms with Crippen molar-refractivity contribution in [1.82, 2.24) is 36.1 Å². The van der Waals surface area contributed by atoms with E-state index in [1.54, 1.807) is 31.2 Å². The maximum absolute atomic E-state index is 13.2. The molecule has 2 aliphatic heterocycles. The first-order valence-corrected chi connectivity index (χ1v) is 21.4. The Morgan fingerprint density at radius 3 is 2.40 bits per heavy atom. The second-order valence-corrected chi connectivity index (χ2v) is 16.0. The van der Waals surface area contributed by atoms with Crippen LogP contribution in [0.15, 0.2) is 53.3 Å². The third-order valence-electron chi connectivity index (χ3n) is 10.2. The summed E-state index contributed by atoms with van der Waals surface area (Å²) in [7, 11) is 3.05. The zero-order valence-corrected chi connectivity index (χ0v) is 36.6. The summed E-state index contributed by atoms with van der Waals surface area (Å²) in [6.07, 6.45) is -0.0853. The first kappa shape index (κ1) is 47.4. The maximum atomic E-state index is 13.2. The van der Waals surface area contributed by atoms with E-state index in [0.717, 1.165) is 15.5 Å². The van der Waals surface area contributed by atoms with Crippen LogP contribution in [0.5, 0.6) is 5.75 Å². The second-order valence-electron chi connectivity index (χ2n) is 14.9. The van der Waals surface area contributed by atoms with Crippen LogP contribution in [0.1, 0.15) is 67.5 Å². The molecular weight excluding hydrogens is 869 g/mol. The van der Waals surface area contributed by atoms with Crippen molar-refractivity contribution in [3.05, 3.63) is 86.3 Å². The van der Waals surface area contributed by atoms with E-state index in [1.165, 1.54) is 36.6 Å². The number of hydrogen-bond donors (Lipinski definition) is 5. The van der Waals surface area contributed by atoms with Crippen LogP contribution in [0.4, 0.5) is 5.00 Å². The number of esters is 1. The van der Waals surface area contributed by atoms with Gasteiger partial charge in [-0.05, 0) is 61.7 Å². The van der Waals surface area contributed by atoms with Gasteiger partial charge in [0.05, 0.1) is 65.4 Å². The molecule has 4 heterocycles. The lowest BCUT2D eigenvalue weighted by Crippen LogP contribution is -2.54. The van der Waals surface area contributed by atoms with Gasteiger partial charge >= 0.3 is 5.97 Å². The molecule has 6 rings (SSSR count). The number of anilines is 1. The zero-order chi connectivity index (χ0) is 46.6. The number of fused-ring (bicyclic) bond motifs is 2. The summed E-state index contributed by atoms with van der Waals surface area (Å²) in [6.45, 7) is 2.76. The Morgan fingerprint density at radius 2 is 1.68 bits per heavy atom. The highest BCUT2D eigenvalue weighted by Crippen LogP contribution is 2.34. The normalized spacial score (nSPS) is 15.0. The summed E-state index contributed by atoms with van der Waals surface area (Å²) in [4.78, 5) is 123. The number of aryl methyl sites for hydroxylation is 1. The quantitative estimate of drug-likeness (QED) is 0.0413. The van der Waals surface area contributed by atoms with E-state index >= 15 is 0 Å². The lowest BCUT2D eigenvalue weighted by Gasteiger charge is -2.27. The van der Waals surface area contributed by atoms with Gasteiger partial charge in [0, 0.05) is 39.5 Å². The molecule has 0 bridgehead atoms. The molecule has 2 aromatic carbocycles. The van der Waals surface area contributed by atoms with Gasteiger partial charge in [-0.15, -0.1) is 11.3 Å². The predicted molar refractivity (Wildman–Crippen MR) is 232 cm³/mol. The fourth-order valence-electron chi connectivity index (χ4n) is 7.04. The molecule has 5 N–H and O–H groups in total. The number of methoxy groups -OCH3 is 1. The third-order valence-corrected chi connectivity index (χ3v) is 11.4. The fourth-order valence-corrected chi connectivity index (χ4v) is 7.91. The molecule has 0 radical (unpaired) electrons. The van der Waals surface area contributed by atoms with Crippen LogP contribution in [0, 0.1) is 6.92 Å². The smallest absolute Gasteiger partial charge is 0.328 e. The van der Waals surface area contributed by atoms with Crippen LogP contribution in [-0.2, 0) is 44.7 Å². The molecule has 7 amide bonds. The van der Waals surface area contributed by atoms with Crippen molar-refractivity contribution in [3.8, 4) is 5.75 Å². The topological polar surface area (TPSA) is 274 Å². The van der Waals surface area contributed by atoms with E-state index in [1.807, 2.05) is 18.0 Å².